The summed E-state index contributed by atoms with van der Waals surface area (Å²) in [5.41, 5.74) is 2.28. The van der Waals surface area contributed by atoms with Crippen LogP contribution in [0.15, 0.2) is 39.9 Å². The van der Waals surface area contributed by atoms with Crippen LogP contribution in [0, 0.1) is 6.92 Å². The first-order valence-corrected chi connectivity index (χ1v) is 11.4. The average Bonchev–Trinajstić information content (AvgIpc) is 3.27. The lowest BCUT2D eigenvalue weighted by Gasteiger charge is -2.39. The summed E-state index contributed by atoms with van der Waals surface area (Å²) in [4.78, 5) is 11.5. The molecule has 2 aromatic rings. The number of aliphatic imine (C=N–C) groups is 1. The molecule has 0 spiro atoms. The van der Waals surface area contributed by atoms with E-state index in [9.17, 15) is 0 Å². The zero-order chi connectivity index (χ0) is 20.8. The van der Waals surface area contributed by atoms with Crippen molar-refractivity contribution in [3.05, 3.63) is 41.9 Å². The highest BCUT2D eigenvalue weighted by molar-refractivity contribution is 5.79. The van der Waals surface area contributed by atoms with Crippen molar-refractivity contribution in [2.75, 3.05) is 20.1 Å². The van der Waals surface area contributed by atoms with Gasteiger partial charge in [-0.1, -0.05) is 49.1 Å². The van der Waals surface area contributed by atoms with Gasteiger partial charge in [0.15, 0.2) is 11.7 Å². The van der Waals surface area contributed by atoms with E-state index in [2.05, 4.69) is 56.7 Å². The molecule has 1 saturated carbocycles. The minimum Gasteiger partial charge on any atom is -0.439 e. The SMILES string of the molecule is CN=C(NCc1ncc(-c2ccc(C)cc2)o1)NC1CCN(C2CCCCC2)CC1. The third-order valence-electron chi connectivity index (χ3n) is 6.48. The van der Waals surface area contributed by atoms with Gasteiger partial charge in [-0.05, 0) is 32.6 Å². The second-order valence-corrected chi connectivity index (χ2v) is 8.66. The Labute approximate surface area is 180 Å². The van der Waals surface area contributed by atoms with Gasteiger partial charge in [0.25, 0.3) is 0 Å². The van der Waals surface area contributed by atoms with E-state index >= 15 is 0 Å². The van der Waals surface area contributed by atoms with E-state index in [-0.39, 0.29) is 0 Å². The molecule has 2 N–H and O–H groups in total. The number of aryl methyl sites for hydroxylation is 1. The largest absolute Gasteiger partial charge is 0.439 e. The smallest absolute Gasteiger partial charge is 0.214 e. The van der Waals surface area contributed by atoms with Crippen LogP contribution in [-0.2, 0) is 6.54 Å². The van der Waals surface area contributed by atoms with E-state index in [1.807, 2.05) is 7.05 Å². The first-order valence-electron chi connectivity index (χ1n) is 11.4. The molecule has 0 unspecified atom stereocenters. The number of guanidine groups is 1. The van der Waals surface area contributed by atoms with Gasteiger partial charge in [-0.15, -0.1) is 0 Å². The summed E-state index contributed by atoms with van der Waals surface area (Å²) < 4.78 is 5.91. The van der Waals surface area contributed by atoms with E-state index in [4.69, 9.17) is 4.42 Å². The second kappa shape index (κ2) is 10.1. The predicted octanol–water partition coefficient (Wildman–Crippen LogP) is 4.11. The van der Waals surface area contributed by atoms with Crippen molar-refractivity contribution in [3.63, 3.8) is 0 Å². The minimum atomic E-state index is 0.476. The van der Waals surface area contributed by atoms with Crippen LogP contribution in [0.5, 0.6) is 0 Å². The van der Waals surface area contributed by atoms with Crippen molar-refractivity contribution >= 4 is 5.96 Å². The molecule has 2 aliphatic rings. The molecule has 30 heavy (non-hydrogen) atoms. The van der Waals surface area contributed by atoms with Crippen LogP contribution in [0.3, 0.4) is 0 Å². The molecular formula is C24H35N5O. The molecule has 6 nitrogen and oxygen atoms in total. The summed E-state index contributed by atoms with van der Waals surface area (Å²) in [7, 11) is 1.82. The molecule has 1 aromatic carbocycles. The van der Waals surface area contributed by atoms with E-state index in [0.717, 1.165) is 23.3 Å². The summed E-state index contributed by atoms with van der Waals surface area (Å²) in [6.07, 6.45) is 11.2. The maximum absolute atomic E-state index is 5.91. The van der Waals surface area contributed by atoms with Crippen LogP contribution < -0.4 is 10.6 Å². The van der Waals surface area contributed by atoms with Crippen molar-refractivity contribution in [2.45, 2.75) is 70.5 Å². The first kappa shape index (κ1) is 20.9. The Morgan fingerprint density at radius 2 is 1.83 bits per heavy atom. The van der Waals surface area contributed by atoms with Gasteiger partial charge in [0, 0.05) is 37.8 Å². The molecule has 1 aromatic heterocycles. The molecule has 162 valence electrons. The Morgan fingerprint density at radius 3 is 2.53 bits per heavy atom. The Hall–Kier alpha value is -2.34. The number of nitrogens with zero attached hydrogens (tertiary/aromatic N) is 3. The van der Waals surface area contributed by atoms with Gasteiger partial charge in [-0.25, -0.2) is 4.98 Å². The molecule has 1 aliphatic heterocycles. The second-order valence-electron chi connectivity index (χ2n) is 8.66. The van der Waals surface area contributed by atoms with Crippen LogP contribution in [0.1, 0.15) is 56.4 Å². The van der Waals surface area contributed by atoms with Gasteiger partial charge < -0.3 is 20.0 Å². The molecule has 2 heterocycles. The highest BCUT2D eigenvalue weighted by atomic mass is 16.4. The molecule has 0 bridgehead atoms. The molecule has 6 heteroatoms. The van der Waals surface area contributed by atoms with Crippen molar-refractivity contribution in [2.24, 2.45) is 4.99 Å². The van der Waals surface area contributed by atoms with Crippen molar-refractivity contribution < 1.29 is 4.42 Å². The molecule has 4 rings (SSSR count). The lowest BCUT2D eigenvalue weighted by molar-refractivity contribution is 0.119. The monoisotopic (exact) mass is 409 g/mol. The average molecular weight is 410 g/mol. The van der Waals surface area contributed by atoms with Gasteiger partial charge in [-0.3, -0.25) is 4.99 Å². The number of aromatic nitrogens is 1. The Balaban J connectivity index is 1.23. The van der Waals surface area contributed by atoms with Crippen LogP contribution in [0.2, 0.25) is 0 Å². The van der Waals surface area contributed by atoms with E-state index in [1.165, 1.54) is 63.6 Å². The fourth-order valence-electron chi connectivity index (χ4n) is 4.65. The Kier molecular flexibility index (Phi) is 7.05. The number of oxazole rings is 1. The van der Waals surface area contributed by atoms with E-state index < -0.39 is 0 Å². The van der Waals surface area contributed by atoms with Crippen LogP contribution in [-0.4, -0.2) is 48.1 Å². The molecule has 0 atom stereocenters. The van der Waals surface area contributed by atoms with Crippen molar-refractivity contribution in [1.82, 2.24) is 20.5 Å². The molecule has 1 saturated heterocycles. The third-order valence-corrected chi connectivity index (χ3v) is 6.48. The number of rotatable bonds is 5. The number of benzene rings is 1. The van der Waals surface area contributed by atoms with E-state index in [0.29, 0.717) is 18.5 Å². The summed E-state index contributed by atoms with van der Waals surface area (Å²) in [6.45, 7) is 4.99. The quantitative estimate of drug-likeness (QED) is 0.575. The Morgan fingerprint density at radius 1 is 1.10 bits per heavy atom. The number of piperidine rings is 1. The predicted molar refractivity (Wildman–Crippen MR) is 121 cm³/mol. The standard InChI is InChI=1S/C24H35N5O/c1-18-8-10-19(11-9-18)22-16-26-23(30-22)17-27-24(25-2)28-20-12-14-29(15-13-20)21-6-4-3-5-7-21/h8-11,16,20-21H,3-7,12-15,17H2,1-2H3,(H2,25,27,28). The maximum Gasteiger partial charge on any atom is 0.214 e. The number of hydrogen-bond donors (Lipinski definition) is 2. The molecule has 0 radical (unpaired) electrons. The van der Waals surface area contributed by atoms with Crippen LogP contribution in [0.4, 0.5) is 0 Å². The molecule has 1 aliphatic carbocycles. The fourth-order valence-corrected chi connectivity index (χ4v) is 4.65. The normalized spacial score (nSPS) is 19.7. The fraction of sp³-hybridized carbons (Fsp3) is 0.583. The van der Waals surface area contributed by atoms with Gasteiger partial charge >= 0.3 is 0 Å². The van der Waals surface area contributed by atoms with Gasteiger partial charge in [0.05, 0.1) is 12.7 Å². The Bertz CT molecular complexity index is 814. The lowest BCUT2D eigenvalue weighted by Crippen LogP contribution is -2.50. The number of likely N-dealkylation sites (tertiary alicyclic amines) is 1. The van der Waals surface area contributed by atoms with Crippen molar-refractivity contribution in [3.8, 4) is 11.3 Å². The first-order chi connectivity index (χ1) is 14.7. The number of hydrogen-bond acceptors (Lipinski definition) is 4. The van der Waals surface area contributed by atoms with Crippen molar-refractivity contribution in [1.29, 1.82) is 0 Å². The summed E-state index contributed by atoms with van der Waals surface area (Å²) in [6, 6.07) is 9.59. The molecule has 0 amide bonds. The topological polar surface area (TPSA) is 65.7 Å². The molecule has 2 fully saturated rings. The number of nitrogens with one attached hydrogen (secondary N) is 2. The van der Waals surface area contributed by atoms with Crippen LogP contribution in [0.25, 0.3) is 11.3 Å². The lowest BCUT2D eigenvalue weighted by atomic mass is 9.92. The van der Waals surface area contributed by atoms with Gasteiger partial charge in [0.2, 0.25) is 5.89 Å². The van der Waals surface area contributed by atoms with Gasteiger partial charge in [-0.2, -0.15) is 0 Å². The van der Waals surface area contributed by atoms with E-state index in [1.54, 1.807) is 6.20 Å². The van der Waals surface area contributed by atoms with Crippen LogP contribution >= 0.6 is 0 Å². The zero-order valence-electron chi connectivity index (χ0n) is 18.4. The highest BCUT2D eigenvalue weighted by Crippen LogP contribution is 2.25. The molecular weight excluding hydrogens is 374 g/mol. The zero-order valence-corrected chi connectivity index (χ0v) is 18.4. The summed E-state index contributed by atoms with van der Waals surface area (Å²) in [5, 5.41) is 6.94. The van der Waals surface area contributed by atoms with Gasteiger partial charge in [0.1, 0.15) is 0 Å². The third kappa shape index (κ3) is 5.42. The highest BCUT2D eigenvalue weighted by Gasteiger charge is 2.26. The summed E-state index contributed by atoms with van der Waals surface area (Å²) in [5.74, 6) is 2.28. The summed E-state index contributed by atoms with van der Waals surface area (Å²) >= 11 is 0. The minimum absolute atomic E-state index is 0.476. The maximum atomic E-state index is 5.91.